The minimum Gasteiger partial charge on any atom is -0.481 e. The van der Waals surface area contributed by atoms with Crippen LogP contribution in [0.25, 0.3) is 11.1 Å². The van der Waals surface area contributed by atoms with Crippen LogP contribution in [0.15, 0.2) is 48.5 Å². The molecule has 0 unspecified atom stereocenters. The van der Waals surface area contributed by atoms with Crippen molar-refractivity contribution in [3.8, 4) is 11.1 Å². The summed E-state index contributed by atoms with van der Waals surface area (Å²) < 4.78 is 5.54. The van der Waals surface area contributed by atoms with Gasteiger partial charge in [0.1, 0.15) is 12.1 Å². The Balaban J connectivity index is 1.39. The topological polar surface area (TPSA) is 105 Å². The number of benzene rings is 2. The Morgan fingerprint density at radius 1 is 1.00 bits per heavy atom. The molecule has 1 saturated carbocycles. The maximum absolute atomic E-state index is 12.5. The number of carboxylic acid groups (broad SMARTS) is 1. The number of carbonyl (C=O) groups is 3. The fourth-order valence-electron chi connectivity index (χ4n) is 4.22. The van der Waals surface area contributed by atoms with Crippen LogP contribution in [-0.4, -0.2) is 41.8 Å². The molecule has 0 bridgehead atoms. The van der Waals surface area contributed by atoms with E-state index in [-0.39, 0.29) is 31.4 Å². The molecule has 2 aromatic rings. The lowest BCUT2D eigenvalue weighted by Crippen LogP contribution is -2.63. The SMILES string of the molecule is O=C(O)CCNC(=O)C1(NC(=O)OCC2c3ccccc3-c3ccccc32)CCC1. The van der Waals surface area contributed by atoms with E-state index in [4.69, 9.17) is 9.84 Å². The van der Waals surface area contributed by atoms with Gasteiger partial charge >= 0.3 is 12.1 Å². The summed E-state index contributed by atoms with van der Waals surface area (Å²) in [6, 6.07) is 16.2. The zero-order chi connectivity index (χ0) is 21.1. The second kappa shape index (κ2) is 8.18. The van der Waals surface area contributed by atoms with Gasteiger partial charge < -0.3 is 20.5 Å². The molecule has 2 aromatic carbocycles. The predicted molar refractivity (Wildman–Crippen MR) is 110 cm³/mol. The van der Waals surface area contributed by atoms with E-state index in [0.717, 1.165) is 28.7 Å². The van der Waals surface area contributed by atoms with Gasteiger partial charge in [-0.05, 0) is 41.5 Å². The number of aliphatic carboxylic acids is 1. The number of carbonyl (C=O) groups excluding carboxylic acids is 2. The van der Waals surface area contributed by atoms with E-state index >= 15 is 0 Å². The second-order valence-electron chi connectivity index (χ2n) is 7.79. The molecule has 30 heavy (non-hydrogen) atoms. The molecule has 0 aromatic heterocycles. The number of amides is 2. The fraction of sp³-hybridized carbons (Fsp3) is 0.348. The molecule has 0 atom stereocenters. The third-order valence-electron chi connectivity index (χ3n) is 5.95. The van der Waals surface area contributed by atoms with Gasteiger partial charge in [-0.2, -0.15) is 0 Å². The zero-order valence-electron chi connectivity index (χ0n) is 16.5. The molecule has 2 aliphatic rings. The lowest BCUT2D eigenvalue weighted by Gasteiger charge is -2.40. The van der Waals surface area contributed by atoms with E-state index in [1.54, 1.807) is 0 Å². The van der Waals surface area contributed by atoms with E-state index in [9.17, 15) is 14.4 Å². The molecule has 2 amide bonds. The van der Waals surface area contributed by atoms with Crippen molar-refractivity contribution in [1.82, 2.24) is 10.6 Å². The summed E-state index contributed by atoms with van der Waals surface area (Å²) in [5.74, 6) is -1.39. The minimum absolute atomic E-state index is 0.0300. The van der Waals surface area contributed by atoms with Crippen LogP contribution >= 0.6 is 0 Å². The van der Waals surface area contributed by atoms with Crippen molar-refractivity contribution >= 4 is 18.0 Å². The van der Waals surface area contributed by atoms with Crippen LogP contribution in [0, 0.1) is 0 Å². The first-order valence-electron chi connectivity index (χ1n) is 10.1. The van der Waals surface area contributed by atoms with Gasteiger partial charge in [0.15, 0.2) is 0 Å². The highest BCUT2D eigenvalue weighted by molar-refractivity contribution is 5.91. The molecular weight excluding hydrogens is 384 g/mol. The Labute approximate surface area is 174 Å². The van der Waals surface area contributed by atoms with E-state index in [2.05, 4.69) is 22.8 Å². The van der Waals surface area contributed by atoms with Crippen molar-refractivity contribution in [1.29, 1.82) is 0 Å². The molecule has 4 rings (SSSR count). The van der Waals surface area contributed by atoms with Gasteiger partial charge in [0, 0.05) is 12.5 Å². The summed E-state index contributed by atoms with van der Waals surface area (Å²) in [6.45, 7) is 0.207. The molecule has 1 fully saturated rings. The van der Waals surface area contributed by atoms with Crippen molar-refractivity contribution in [2.45, 2.75) is 37.1 Å². The highest BCUT2D eigenvalue weighted by Crippen LogP contribution is 2.44. The molecule has 7 heteroatoms. The first kappa shape index (κ1) is 19.9. The summed E-state index contributed by atoms with van der Waals surface area (Å²) in [5.41, 5.74) is 3.53. The van der Waals surface area contributed by atoms with Crippen molar-refractivity contribution < 1.29 is 24.2 Å². The van der Waals surface area contributed by atoms with E-state index in [1.165, 1.54) is 0 Å². The Morgan fingerprint density at radius 3 is 2.13 bits per heavy atom. The van der Waals surface area contributed by atoms with Gasteiger partial charge in [-0.1, -0.05) is 48.5 Å². The van der Waals surface area contributed by atoms with Gasteiger partial charge in [-0.25, -0.2) is 4.79 Å². The summed E-state index contributed by atoms with van der Waals surface area (Å²) in [4.78, 5) is 35.6. The number of nitrogens with one attached hydrogen (secondary N) is 2. The van der Waals surface area contributed by atoms with Crippen LogP contribution in [0.3, 0.4) is 0 Å². The van der Waals surface area contributed by atoms with E-state index in [1.807, 2.05) is 36.4 Å². The Hall–Kier alpha value is -3.35. The molecule has 0 saturated heterocycles. The molecule has 0 heterocycles. The fourth-order valence-corrected chi connectivity index (χ4v) is 4.22. The maximum Gasteiger partial charge on any atom is 0.408 e. The minimum atomic E-state index is -1.01. The van der Waals surface area contributed by atoms with E-state index < -0.39 is 17.6 Å². The average molecular weight is 408 g/mol. The molecular formula is C23H24N2O5. The molecule has 3 N–H and O–H groups in total. The van der Waals surface area contributed by atoms with Crippen molar-refractivity contribution in [2.24, 2.45) is 0 Å². The summed E-state index contributed by atoms with van der Waals surface area (Å²) >= 11 is 0. The van der Waals surface area contributed by atoms with Gasteiger partial charge in [0.05, 0.1) is 6.42 Å². The number of carboxylic acids is 1. The van der Waals surface area contributed by atoms with Crippen molar-refractivity contribution in [2.75, 3.05) is 13.2 Å². The van der Waals surface area contributed by atoms with Gasteiger partial charge in [0.25, 0.3) is 0 Å². The van der Waals surface area contributed by atoms with Crippen molar-refractivity contribution in [3.63, 3.8) is 0 Å². The Morgan fingerprint density at radius 2 is 1.60 bits per heavy atom. The van der Waals surface area contributed by atoms with Crippen LogP contribution in [0.1, 0.15) is 42.7 Å². The lowest BCUT2D eigenvalue weighted by molar-refractivity contribution is -0.137. The number of alkyl carbamates (subject to hydrolysis) is 1. The number of rotatable bonds is 7. The molecule has 0 spiro atoms. The number of ether oxygens (including phenoxy) is 1. The smallest absolute Gasteiger partial charge is 0.408 e. The van der Waals surface area contributed by atoms with Crippen LogP contribution < -0.4 is 10.6 Å². The second-order valence-corrected chi connectivity index (χ2v) is 7.79. The Kier molecular flexibility index (Phi) is 5.44. The molecule has 7 nitrogen and oxygen atoms in total. The third kappa shape index (κ3) is 3.75. The summed E-state index contributed by atoms with van der Waals surface area (Å²) in [6.07, 6.45) is 1.04. The molecule has 2 aliphatic carbocycles. The van der Waals surface area contributed by atoms with Crippen LogP contribution in [0.4, 0.5) is 4.79 Å². The van der Waals surface area contributed by atoms with Crippen LogP contribution in [0.5, 0.6) is 0 Å². The van der Waals surface area contributed by atoms with Gasteiger partial charge in [-0.15, -0.1) is 0 Å². The molecule has 0 radical (unpaired) electrons. The normalized spacial score (nSPS) is 16.0. The average Bonchev–Trinajstić information content (AvgIpc) is 3.02. The summed E-state index contributed by atoms with van der Waals surface area (Å²) in [5, 5.41) is 14.0. The quantitative estimate of drug-likeness (QED) is 0.653. The van der Waals surface area contributed by atoms with E-state index in [0.29, 0.717) is 12.8 Å². The first-order valence-corrected chi connectivity index (χ1v) is 10.1. The van der Waals surface area contributed by atoms with Gasteiger partial charge in [0.2, 0.25) is 5.91 Å². The first-order chi connectivity index (χ1) is 14.5. The van der Waals surface area contributed by atoms with Crippen LogP contribution in [0.2, 0.25) is 0 Å². The third-order valence-corrected chi connectivity index (χ3v) is 5.95. The highest BCUT2D eigenvalue weighted by atomic mass is 16.5. The standard InChI is InChI=1S/C23H24N2O5/c26-20(27)10-13-24-21(28)23(11-5-12-23)25-22(29)30-14-19-17-8-3-1-6-15(17)16-7-2-4-9-18(16)19/h1-4,6-9,19H,5,10-14H2,(H,24,28)(H,25,29)(H,26,27). The number of hydrogen-bond acceptors (Lipinski definition) is 4. The van der Waals surface area contributed by atoms with Crippen molar-refractivity contribution in [3.05, 3.63) is 59.7 Å². The Bertz CT molecular complexity index is 938. The predicted octanol–water partition coefficient (Wildman–Crippen LogP) is 3.04. The molecule has 156 valence electrons. The number of hydrogen-bond donors (Lipinski definition) is 3. The number of fused-ring (bicyclic) bond motifs is 3. The largest absolute Gasteiger partial charge is 0.481 e. The highest BCUT2D eigenvalue weighted by Gasteiger charge is 2.46. The summed E-state index contributed by atoms with van der Waals surface area (Å²) in [7, 11) is 0. The lowest BCUT2D eigenvalue weighted by atomic mass is 9.76. The molecule has 0 aliphatic heterocycles. The van der Waals surface area contributed by atoms with Gasteiger partial charge in [-0.3, -0.25) is 9.59 Å². The zero-order valence-corrected chi connectivity index (χ0v) is 16.5. The van der Waals surface area contributed by atoms with Crippen LogP contribution in [-0.2, 0) is 14.3 Å². The maximum atomic E-state index is 12.5. The monoisotopic (exact) mass is 408 g/mol.